The Hall–Kier alpha value is -1.03. The molecule has 0 aliphatic heterocycles. The van der Waals surface area contributed by atoms with E-state index >= 15 is 0 Å². The van der Waals surface area contributed by atoms with Gasteiger partial charge in [0.25, 0.3) is 0 Å². The maximum absolute atomic E-state index is 6.25. The Kier molecular flexibility index (Phi) is 5.68. The van der Waals surface area contributed by atoms with Gasteiger partial charge in [0.15, 0.2) is 0 Å². The minimum absolute atomic E-state index is 0.207. The predicted octanol–water partition coefficient (Wildman–Crippen LogP) is 4.79. The number of aromatic nitrogens is 2. The molecule has 0 saturated carbocycles. The second-order valence-electron chi connectivity index (χ2n) is 5.23. The van der Waals surface area contributed by atoms with E-state index in [0.717, 1.165) is 24.1 Å². The fourth-order valence-electron chi connectivity index (χ4n) is 2.49. The largest absolute Gasteiger partial charge is 0.324 e. The van der Waals surface area contributed by atoms with Gasteiger partial charge in [0.2, 0.25) is 0 Å². The third kappa shape index (κ3) is 4.00. The zero-order valence-corrected chi connectivity index (χ0v) is 13.9. The molecule has 0 bridgehead atoms. The van der Waals surface area contributed by atoms with Crippen LogP contribution in [0.15, 0.2) is 30.5 Å². The third-order valence-electron chi connectivity index (χ3n) is 3.77. The summed E-state index contributed by atoms with van der Waals surface area (Å²) in [6, 6.07) is 7.64. The zero-order valence-electron chi connectivity index (χ0n) is 12.4. The van der Waals surface area contributed by atoms with Crippen LogP contribution in [0.2, 0.25) is 10.0 Å². The summed E-state index contributed by atoms with van der Waals surface area (Å²) in [4.78, 5) is 0. The SMILES string of the molecule is CCC(CC)n1ccc(CC(N)c2cc(Cl)ccc2Cl)n1. The first-order valence-electron chi connectivity index (χ1n) is 7.29. The molecule has 0 saturated heterocycles. The van der Waals surface area contributed by atoms with E-state index < -0.39 is 0 Å². The van der Waals surface area contributed by atoms with E-state index in [0.29, 0.717) is 22.5 Å². The summed E-state index contributed by atoms with van der Waals surface area (Å²) in [6.45, 7) is 4.35. The minimum atomic E-state index is -0.207. The lowest BCUT2D eigenvalue weighted by molar-refractivity contribution is 0.424. The number of hydrogen-bond acceptors (Lipinski definition) is 2. The van der Waals surface area contributed by atoms with Crippen LogP contribution in [0, 0.1) is 0 Å². The van der Waals surface area contributed by atoms with Crippen molar-refractivity contribution in [3.8, 4) is 0 Å². The normalized spacial score (nSPS) is 12.9. The molecule has 1 atom stereocenters. The highest BCUT2D eigenvalue weighted by Crippen LogP contribution is 2.27. The van der Waals surface area contributed by atoms with Crippen LogP contribution < -0.4 is 5.73 Å². The highest BCUT2D eigenvalue weighted by Gasteiger charge is 2.14. The van der Waals surface area contributed by atoms with Gasteiger partial charge in [-0.05, 0) is 42.7 Å². The van der Waals surface area contributed by atoms with Gasteiger partial charge in [0.1, 0.15) is 0 Å². The number of rotatable bonds is 6. The van der Waals surface area contributed by atoms with Gasteiger partial charge in [0, 0.05) is 28.7 Å². The van der Waals surface area contributed by atoms with Crippen LogP contribution in [-0.2, 0) is 6.42 Å². The lowest BCUT2D eigenvalue weighted by Crippen LogP contribution is -2.15. The molecule has 0 aliphatic rings. The predicted molar refractivity (Wildman–Crippen MR) is 88.9 cm³/mol. The molecular weight excluding hydrogens is 305 g/mol. The summed E-state index contributed by atoms with van der Waals surface area (Å²) in [5.74, 6) is 0. The fraction of sp³-hybridized carbons (Fsp3) is 0.438. The Bertz CT molecular complexity index is 591. The van der Waals surface area contributed by atoms with Gasteiger partial charge >= 0.3 is 0 Å². The van der Waals surface area contributed by atoms with Gasteiger partial charge in [-0.25, -0.2) is 0 Å². The van der Waals surface area contributed by atoms with E-state index in [9.17, 15) is 0 Å². The van der Waals surface area contributed by atoms with Crippen molar-refractivity contribution in [1.29, 1.82) is 0 Å². The first kappa shape index (κ1) is 16.3. The standard InChI is InChI=1S/C16H21Cl2N3/c1-3-13(4-2)21-8-7-12(20-21)10-16(19)14-9-11(17)5-6-15(14)18/h5-9,13,16H,3-4,10,19H2,1-2H3. The topological polar surface area (TPSA) is 43.8 Å². The third-order valence-corrected chi connectivity index (χ3v) is 4.35. The Morgan fingerprint density at radius 3 is 2.57 bits per heavy atom. The molecule has 3 nitrogen and oxygen atoms in total. The first-order valence-corrected chi connectivity index (χ1v) is 8.05. The summed E-state index contributed by atoms with van der Waals surface area (Å²) in [6.07, 6.45) is 4.82. The van der Waals surface area contributed by atoms with Gasteiger partial charge < -0.3 is 5.73 Å². The second kappa shape index (κ2) is 7.30. The lowest BCUT2D eigenvalue weighted by Gasteiger charge is -2.14. The fourth-order valence-corrected chi connectivity index (χ4v) is 2.92. The molecule has 2 rings (SSSR count). The molecule has 0 aliphatic carbocycles. The highest BCUT2D eigenvalue weighted by atomic mass is 35.5. The average Bonchev–Trinajstić information content (AvgIpc) is 2.91. The summed E-state index contributed by atoms with van der Waals surface area (Å²) in [5, 5.41) is 5.92. The molecule has 1 aromatic heterocycles. The monoisotopic (exact) mass is 325 g/mol. The van der Waals surface area contributed by atoms with E-state index in [1.807, 2.05) is 23.0 Å². The molecule has 21 heavy (non-hydrogen) atoms. The van der Waals surface area contributed by atoms with Gasteiger partial charge in [-0.1, -0.05) is 37.0 Å². The lowest BCUT2D eigenvalue weighted by atomic mass is 10.0. The van der Waals surface area contributed by atoms with Crippen molar-refractivity contribution in [2.75, 3.05) is 0 Å². The summed E-state index contributed by atoms with van der Waals surface area (Å²) >= 11 is 12.2. The maximum atomic E-state index is 6.25. The number of nitrogens with zero attached hydrogens (tertiary/aromatic N) is 2. The smallest absolute Gasteiger partial charge is 0.0643 e. The van der Waals surface area contributed by atoms with Crippen molar-refractivity contribution in [2.24, 2.45) is 5.73 Å². The zero-order chi connectivity index (χ0) is 15.4. The van der Waals surface area contributed by atoms with E-state index in [1.54, 1.807) is 12.1 Å². The molecule has 0 amide bonds. The molecule has 1 heterocycles. The molecule has 0 radical (unpaired) electrons. The van der Waals surface area contributed by atoms with Gasteiger partial charge in [-0.15, -0.1) is 0 Å². The first-order chi connectivity index (χ1) is 10.0. The van der Waals surface area contributed by atoms with Gasteiger partial charge in [0.05, 0.1) is 11.7 Å². The van der Waals surface area contributed by atoms with Crippen LogP contribution in [0.5, 0.6) is 0 Å². The van der Waals surface area contributed by atoms with Crippen molar-refractivity contribution in [1.82, 2.24) is 9.78 Å². The van der Waals surface area contributed by atoms with E-state index in [-0.39, 0.29) is 6.04 Å². The van der Waals surface area contributed by atoms with Crippen molar-refractivity contribution >= 4 is 23.2 Å². The maximum Gasteiger partial charge on any atom is 0.0643 e. The minimum Gasteiger partial charge on any atom is -0.324 e. The van der Waals surface area contributed by atoms with Crippen molar-refractivity contribution in [3.63, 3.8) is 0 Å². The Labute approximate surface area is 136 Å². The summed E-state index contributed by atoms with van der Waals surface area (Å²) < 4.78 is 2.03. The average molecular weight is 326 g/mol. The van der Waals surface area contributed by atoms with Crippen molar-refractivity contribution in [2.45, 2.75) is 45.2 Å². The van der Waals surface area contributed by atoms with E-state index in [1.165, 1.54) is 0 Å². The Morgan fingerprint density at radius 1 is 1.19 bits per heavy atom. The number of hydrogen-bond donors (Lipinski definition) is 1. The Morgan fingerprint density at radius 2 is 1.90 bits per heavy atom. The molecule has 0 spiro atoms. The molecule has 114 valence electrons. The summed E-state index contributed by atoms with van der Waals surface area (Å²) in [7, 11) is 0. The molecule has 2 N–H and O–H groups in total. The van der Waals surface area contributed by atoms with Crippen molar-refractivity contribution in [3.05, 3.63) is 51.8 Å². The highest BCUT2D eigenvalue weighted by molar-refractivity contribution is 6.33. The quantitative estimate of drug-likeness (QED) is 0.829. The van der Waals surface area contributed by atoms with Crippen LogP contribution >= 0.6 is 23.2 Å². The number of nitrogens with two attached hydrogens (primary N) is 1. The molecule has 2 aromatic rings. The van der Waals surface area contributed by atoms with E-state index in [2.05, 4.69) is 18.9 Å². The van der Waals surface area contributed by atoms with Gasteiger partial charge in [-0.3, -0.25) is 4.68 Å². The molecule has 0 fully saturated rings. The van der Waals surface area contributed by atoms with Crippen LogP contribution in [-0.4, -0.2) is 9.78 Å². The van der Waals surface area contributed by atoms with Gasteiger partial charge in [-0.2, -0.15) is 5.10 Å². The number of benzene rings is 1. The van der Waals surface area contributed by atoms with Crippen LogP contribution in [0.25, 0.3) is 0 Å². The van der Waals surface area contributed by atoms with Crippen LogP contribution in [0.3, 0.4) is 0 Å². The van der Waals surface area contributed by atoms with E-state index in [4.69, 9.17) is 28.9 Å². The second-order valence-corrected chi connectivity index (χ2v) is 6.08. The van der Waals surface area contributed by atoms with Crippen LogP contribution in [0.1, 0.15) is 50.0 Å². The van der Waals surface area contributed by atoms with Crippen molar-refractivity contribution < 1.29 is 0 Å². The number of halogens is 2. The summed E-state index contributed by atoms with van der Waals surface area (Å²) in [5.41, 5.74) is 8.09. The van der Waals surface area contributed by atoms with Crippen LogP contribution in [0.4, 0.5) is 0 Å². The molecule has 1 unspecified atom stereocenters. The molecule has 1 aromatic carbocycles. The molecule has 5 heteroatoms. The Balaban J connectivity index is 2.12. The molecular formula is C16H21Cl2N3.